The maximum atomic E-state index is 6.92. The number of rotatable bonds is 0. The van der Waals surface area contributed by atoms with Gasteiger partial charge in [0, 0.05) is 32.7 Å². The van der Waals surface area contributed by atoms with Crippen molar-refractivity contribution in [3.05, 3.63) is 59.2 Å². The Balaban J connectivity index is 1.75. The predicted molar refractivity (Wildman–Crippen MR) is 108 cm³/mol. The summed E-state index contributed by atoms with van der Waals surface area (Å²) in [5.74, 6) is 0. The zero-order valence-electron chi connectivity index (χ0n) is 16.0. The Morgan fingerprint density at radius 3 is 2.22 bits per heavy atom. The van der Waals surface area contributed by atoms with E-state index in [2.05, 4.69) is 52.1 Å². The van der Waals surface area contributed by atoms with E-state index in [-0.39, 0.29) is 5.50 Å². The quantitative estimate of drug-likeness (QED) is 0.513. The highest BCUT2D eigenvalue weighted by atomic mass is 35.5. The minimum absolute atomic E-state index is 0.239. The largest absolute Gasteiger partial charge is 0.306 e. The van der Waals surface area contributed by atoms with Crippen LogP contribution in [-0.2, 0) is 19.6 Å². The molecule has 3 atom stereocenters. The van der Waals surface area contributed by atoms with Crippen molar-refractivity contribution in [3.63, 3.8) is 0 Å². The average Bonchev–Trinajstić information content (AvgIpc) is 2.66. The highest BCUT2D eigenvalue weighted by Gasteiger charge is 2.22. The molecule has 2 aromatic rings. The van der Waals surface area contributed by atoms with Crippen molar-refractivity contribution in [1.82, 2.24) is 24.7 Å². The topological polar surface area (TPSA) is 35.5 Å². The van der Waals surface area contributed by atoms with Gasteiger partial charge in [0.2, 0.25) is 0 Å². The standard InChI is InChI=1S/C21H28ClN5/c1-25-10-4-12-26-14-17-6-2-7-19(23-17)16-27(13-5-11-25)21(22)20-9-3-8-18(15-26)24-20/h2-3,6-9,21H,4-5,10-16H2,1H3. The Kier molecular flexibility index (Phi) is 6.03. The van der Waals surface area contributed by atoms with E-state index >= 15 is 0 Å². The lowest BCUT2D eigenvalue weighted by molar-refractivity contribution is 0.196. The van der Waals surface area contributed by atoms with Crippen molar-refractivity contribution >= 4 is 11.6 Å². The molecule has 2 aromatic heterocycles. The van der Waals surface area contributed by atoms with E-state index in [1.165, 1.54) is 0 Å². The molecule has 5 heterocycles. The summed E-state index contributed by atoms with van der Waals surface area (Å²) >= 11 is 6.92. The Labute approximate surface area is 167 Å². The van der Waals surface area contributed by atoms with Gasteiger partial charge in [-0.3, -0.25) is 19.8 Å². The molecule has 3 unspecified atom stereocenters. The number of halogens is 1. The van der Waals surface area contributed by atoms with Crippen molar-refractivity contribution in [2.75, 3.05) is 33.2 Å². The van der Waals surface area contributed by atoms with Crippen LogP contribution >= 0.6 is 11.6 Å². The summed E-state index contributed by atoms with van der Waals surface area (Å²) in [5.41, 5.74) is 3.99. The fraction of sp³-hybridized carbons (Fsp3) is 0.524. The van der Waals surface area contributed by atoms with Crippen molar-refractivity contribution < 1.29 is 0 Å². The number of alkyl halides is 1. The average molecular weight is 386 g/mol. The van der Waals surface area contributed by atoms with E-state index in [4.69, 9.17) is 21.6 Å². The molecule has 144 valence electrons. The minimum atomic E-state index is -0.239. The number of nitrogens with zero attached hydrogens (tertiary/aromatic N) is 5. The van der Waals surface area contributed by atoms with Gasteiger partial charge in [-0.25, -0.2) is 0 Å². The van der Waals surface area contributed by atoms with Gasteiger partial charge in [0.25, 0.3) is 0 Å². The second kappa shape index (κ2) is 8.65. The Morgan fingerprint density at radius 2 is 1.44 bits per heavy atom. The SMILES string of the molecule is CN1CCCN2Cc3cccc(n3)CN(CCC1)C(Cl)c1cccc(n1)C2. The minimum Gasteiger partial charge on any atom is -0.306 e. The first-order valence-corrected chi connectivity index (χ1v) is 10.3. The summed E-state index contributed by atoms with van der Waals surface area (Å²) in [6.45, 7) is 6.60. The highest BCUT2D eigenvalue weighted by molar-refractivity contribution is 6.20. The normalized spacial score (nSPS) is 27.3. The third kappa shape index (κ3) is 4.85. The maximum Gasteiger partial charge on any atom is 0.128 e. The molecular weight excluding hydrogens is 358 g/mol. The van der Waals surface area contributed by atoms with Gasteiger partial charge in [-0.05, 0) is 57.2 Å². The van der Waals surface area contributed by atoms with Crippen molar-refractivity contribution in [1.29, 1.82) is 0 Å². The third-order valence-electron chi connectivity index (χ3n) is 5.39. The predicted octanol–water partition coefficient (Wildman–Crippen LogP) is 3.26. The first-order chi connectivity index (χ1) is 13.2. The van der Waals surface area contributed by atoms with Crippen LogP contribution < -0.4 is 0 Å². The number of hydrogen-bond donors (Lipinski definition) is 0. The molecule has 6 bridgehead atoms. The molecule has 0 spiro atoms. The number of pyridine rings is 2. The van der Waals surface area contributed by atoms with Gasteiger partial charge in [0.1, 0.15) is 5.50 Å². The van der Waals surface area contributed by atoms with Gasteiger partial charge >= 0.3 is 0 Å². The lowest BCUT2D eigenvalue weighted by Crippen LogP contribution is -2.34. The summed E-state index contributed by atoms with van der Waals surface area (Å²) in [6.07, 6.45) is 2.24. The molecular formula is C21H28ClN5. The molecule has 0 saturated heterocycles. The summed E-state index contributed by atoms with van der Waals surface area (Å²) in [5, 5.41) is 0. The van der Waals surface area contributed by atoms with Gasteiger partial charge in [-0.1, -0.05) is 23.7 Å². The summed E-state index contributed by atoms with van der Waals surface area (Å²) < 4.78 is 0. The monoisotopic (exact) mass is 385 g/mol. The van der Waals surface area contributed by atoms with Crippen molar-refractivity contribution in [3.8, 4) is 0 Å². The zero-order chi connectivity index (χ0) is 18.6. The number of fused-ring (bicyclic) bond motifs is 6. The van der Waals surface area contributed by atoms with Crippen molar-refractivity contribution in [2.45, 2.75) is 38.0 Å². The lowest BCUT2D eigenvalue weighted by Gasteiger charge is -2.30. The smallest absolute Gasteiger partial charge is 0.128 e. The molecule has 5 rings (SSSR count). The van der Waals surface area contributed by atoms with Crippen LogP contribution in [-0.4, -0.2) is 57.9 Å². The third-order valence-corrected chi connectivity index (χ3v) is 5.89. The highest BCUT2D eigenvalue weighted by Crippen LogP contribution is 2.27. The Morgan fingerprint density at radius 1 is 0.815 bits per heavy atom. The second-order valence-corrected chi connectivity index (χ2v) is 8.11. The lowest BCUT2D eigenvalue weighted by atomic mass is 10.2. The number of hydrogen-bond acceptors (Lipinski definition) is 5. The summed E-state index contributed by atoms with van der Waals surface area (Å²) in [4.78, 5) is 17.0. The first-order valence-electron chi connectivity index (χ1n) is 9.87. The van der Waals surface area contributed by atoms with Gasteiger partial charge < -0.3 is 4.90 Å². The Hall–Kier alpha value is -1.53. The zero-order valence-corrected chi connectivity index (χ0v) is 16.8. The van der Waals surface area contributed by atoms with Crippen LogP contribution in [0.25, 0.3) is 0 Å². The van der Waals surface area contributed by atoms with E-state index in [9.17, 15) is 0 Å². The van der Waals surface area contributed by atoms with Crippen LogP contribution in [0.3, 0.4) is 0 Å². The van der Waals surface area contributed by atoms with Gasteiger partial charge in [0.15, 0.2) is 0 Å². The molecule has 0 fully saturated rings. The molecule has 0 radical (unpaired) electrons. The van der Waals surface area contributed by atoms with Gasteiger partial charge in [-0.15, -0.1) is 0 Å². The first kappa shape index (κ1) is 18.8. The van der Waals surface area contributed by atoms with Gasteiger partial charge in [0.05, 0.1) is 22.8 Å². The van der Waals surface area contributed by atoms with Crippen LogP contribution in [0.1, 0.15) is 41.1 Å². The molecule has 3 aliphatic rings. The van der Waals surface area contributed by atoms with Crippen LogP contribution in [0.15, 0.2) is 36.4 Å². The molecule has 0 N–H and O–H groups in total. The maximum absolute atomic E-state index is 6.92. The van der Waals surface area contributed by atoms with Crippen molar-refractivity contribution in [2.24, 2.45) is 0 Å². The molecule has 0 amide bonds. The van der Waals surface area contributed by atoms with E-state index in [1.54, 1.807) is 0 Å². The summed E-state index contributed by atoms with van der Waals surface area (Å²) in [6, 6.07) is 12.6. The van der Waals surface area contributed by atoms with Crippen LogP contribution in [0, 0.1) is 0 Å². The number of aromatic nitrogens is 2. The van der Waals surface area contributed by atoms with E-state index in [1.807, 2.05) is 6.07 Å². The Bertz CT molecular complexity index is 768. The molecule has 0 saturated carbocycles. The fourth-order valence-corrected chi connectivity index (χ4v) is 4.27. The van der Waals surface area contributed by atoms with Crippen LogP contribution in [0.2, 0.25) is 0 Å². The molecule has 6 heteroatoms. The van der Waals surface area contributed by atoms with Crippen LogP contribution in [0.4, 0.5) is 0 Å². The van der Waals surface area contributed by atoms with Gasteiger partial charge in [-0.2, -0.15) is 0 Å². The fourth-order valence-electron chi connectivity index (χ4n) is 3.98. The molecule has 3 aliphatic heterocycles. The second-order valence-electron chi connectivity index (χ2n) is 7.70. The van der Waals surface area contributed by atoms with E-state index in [0.29, 0.717) is 0 Å². The van der Waals surface area contributed by atoms with E-state index in [0.717, 1.165) is 81.4 Å². The molecule has 5 nitrogen and oxygen atoms in total. The summed E-state index contributed by atoms with van der Waals surface area (Å²) in [7, 11) is 2.22. The molecule has 27 heavy (non-hydrogen) atoms. The molecule has 0 aliphatic carbocycles. The van der Waals surface area contributed by atoms with E-state index < -0.39 is 0 Å². The van der Waals surface area contributed by atoms with Crippen LogP contribution in [0.5, 0.6) is 0 Å². The molecule has 0 aromatic carbocycles.